The minimum absolute atomic E-state index is 0.00127. The molecule has 4 saturated carbocycles. The topological polar surface area (TPSA) is 43.4 Å². The van der Waals surface area contributed by atoms with Gasteiger partial charge in [0.2, 0.25) is 0 Å². The molecule has 3 nitrogen and oxygen atoms in total. The van der Waals surface area contributed by atoms with Crippen LogP contribution in [0.25, 0.3) is 0 Å². The van der Waals surface area contributed by atoms with Gasteiger partial charge in [-0.15, -0.1) is 0 Å². The van der Waals surface area contributed by atoms with Crippen molar-refractivity contribution >= 4 is 75.5 Å². The average Bonchev–Trinajstić information content (AvgIpc) is 2.95. The number of hydrogen-bond acceptors (Lipinski definition) is 3. The maximum absolute atomic E-state index is 12.9. The molecule has 0 bridgehead atoms. The van der Waals surface area contributed by atoms with Crippen molar-refractivity contribution in [3.63, 3.8) is 0 Å². The smallest absolute Gasteiger partial charge is 0.302 e. The number of carbonyl (C=O) groups excluding carboxylic acids is 2. The van der Waals surface area contributed by atoms with Crippen molar-refractivity contribution < 1.29 is 14.3 Å². The normalized spacial score (nSPS) is 52.7. The molecule has 4 aliphatic rings. The van der Waals surface area contributed by atoms with Gasteiger partial charge in [-0.1, -0.05) is 77.6 Å². The van der Waals surface area contributed by atoms with Crippen molar-refractivity contribution in [3.05, 3.63) is 0 Å². The number of ether oxygens (including phenoxy) is 1. The molecular formula is C23H32Br4O3. The van der Waals surface area contributed by atoms with Crippen LogP contribution in [0.4, 0.5) is 0 Å². The van der Waals surface area contributed by atoms with Gasteiger partial charge >= 0.3 is 5.97 Å². The Balaban J connectivity index is 1.65. The van der Waals surface area contributed by atoms with E-state index in [1.807, 2.05) is 0 Å². The minimum atomic E-state index is -0.391. The molecule has 0 unspecified atom stereocenters. The van der Waals surface area contributed by atoms with Crippen LogP contribution in [-0.2, 0) is 14.3 Å². The fourth-order valence-corrected chi connectivity index (χ4v) is 11.9. The molecule has 30 heavy (non-hydrogen) atoms. The van der Waals surface area contributed by atoms with Gasteiger partial charge < -0.3 is 4.74 Å². The van der Waals surface area contributed by atoms with Gasteiger partial charge in [0.15, 0.2) is 5.78 Å². The molecule has 0 aromatic heterocycles. The third kappa shape index (κ3) is 3.24. The number of Topliss-reactive ketones (excluding diaryl/α,β-unsaturated/α-hetero) is 1. The number of hydrogen-bond donors (Lipinski definition) is 0. The summed E-state index contributed by atoms with van der Waals surface area (Å²) in [6.07, 6.45) is 8.34. The number of esters is 1. The second kappa shape index (κ2) is 8.08. The second-order valence-corrected chi connectivity index (χ2v) is 15.1. The Kier molecular flexibility index (Phi) is 6.51. The first-order chi connectivity index (χ1) is 13.9. The molecule has 0 spiro atoms. The molecule has 0 saturated heterocycles. The van der Waals surface area contributed by atoms with Crippen LogP contribution in [0.3, 0.4) is 0 Å². The summed E-state index contributed by atoms with van der Waals surface area (Å²) in [7, 11) is 0. The first-order valence-electron chi connectivity index (χ1n) is 11.2. The highest BCUT2D eigenvalue weighted by Crippen LogP contribution is 2.72. The van der Waals surface area contributed by atoms with E-state index in [0.717, 1.165) is 44.9 Å². The lowest BCUT2D eigenvalue weighted by molar-refractivity contribution is -0.155. The van der Waals surface area contributed by atoms with Gasteiger partial charge in [0, 0.05) is 22.5 Å². The zero-order valence-electron chi connectivity index (χ0n) is 18.0. The van der Waals surface area contributed by atoms with E-state index in [1.165, 1.54) is 13.3 Å². The predicted octanol–water partition coefficient (Wildman–Crippen LogP) is 6.95. The molecule has 0 aromatic rings. The Morgan fingerprint density at radius 1 is 1.00 bits per heavy atom. The molecule has 4 fully saturated rings. The number of fused-ring (bicyclic) bond motifs is 5. The Hall–Kier alpha value is 1.06. The zero-order valence-corrected chi connectivity index (χ0v) is 24.3. The van der Waals surface area contributed by atoms with E-state index in [2.05, 4.69) is 77.6 Å². The molecule has 170 valence electrons. The molecule has 0 aromatic carbocycles. The summed E-state index contributed by atoms with van der Waals surface area (Å²) in [5.41, 5.74) is 0.169. The van der Waals surface area contributed by atoms with Crippen molar-refractivity contribution in [1.29, 1.82) is 0 Å². The van der Waals surface area contributed by atoms with Crippen LogP contribution in [0.5, 0.6) is 0 Å². The quantitative estimate of drug-likeness (QED) is 0.240. The maximum atomic E-state index is 12.9. The van der Waals surface area contributed by atoms with Crippen LogP contribution in [0.2, 0.25) is 0 Å². The molecule has 0 N–H and O–H groups in total. The lowest BCUT2D eigenvalue weighted by atomic mass is 9.44. The van der Waals surface area contributed by atoms with Crippen LogP contribution in [0, 0.1) is 28.6 Å². The number of alkyl halides is 4. The number of halogens is 4. The van der Waals surface area contributed by atoms with E-state index in [9.17, 15) is 9.59 Å². The van der Waals surface area contributed by atoms with Crippen molar-refractivity contribution in [2.75, 3.05) is 5.33 Å². The van der Waals surface area contributed by atoms with Gasteiger partial charge in [0.25, 0.3) is 0 Å². The molecule has 0 heterocycles. The lowest BCUT2D eigenvalue weighted by Crippen LogP contribution is -2.65. The minimum Gasteiger partial charge on any atom is -0.463 e. The van der Waals surface area contributed by atoms with Gasteiger partial charge in [0.1, 0.15) is 6.10 Å². The highest BCUT2D eigenvalue weighted by molar-refractivity contribution is 9.12. The largest absolute Gasteiger partial charge is 0.463 e. The third-order valence-corrected chi connectivity index (χ3v) is 15.5. The Bertz CT molecular complexity index is 746. The number of rotatable bonds is 3. The van der Waals surface area contributed by atoms with E-state index in [0.29, 0.717) is 33.7 Å². The molecule has 7 heteroatoms. The summed E-state index contributed by atoms with van der Waals surface area (Å²) in [5, 5.41) is 0.426. The molecule has 0 aliphatic heterocycles. The molecular weight excluding hydrogens is 644 g/mol. The summed E-state index contributed by atoms with van der Waals surface area (Å²) < 4.78 is 5.19. The Morgan fingerprint density at radius 2 is 1.60 bits per heavy atom. The first-order valence-corrected chi connectivity index (χ1v) is 14.8. The van der Waals surface area contributed by atoms with E-state index < -0.39 is 4.32 Å². The molecule has 0 amide bonds. The van der Waals surface area contributed by atoms with Crippen LogP contribution in [0.1, 0.15) is 72.1 Å². The molecule has 4 rings (SSSR count). The monoisotopic (exact) mass is 672 g/mol. The zero-order chi connectivity index (χ0) is 22.1. The Labute approximate surface area is 214 Å². The highest BCUT2D eigenvalue weighted by Gasteiger charge is 2.69. The van der Waals surface area contributed by atoms with E-state index >= 15 is 0 Å². The summed E-state index contributed by atoms with van der Waals surface area (Å²) >= 11 is 15.7. The van der Waals surface area contributed by atoms with E-state index in [4.69, 9.17) is 4.74 Å². The number of carbonyl (C=O) groups is 2. The predicted molar refractivity (Wildman–Crippen MR) is 134 cm³/mol. The van der Waals surface area contributed by atoms with Crippen LogP contribution < -0.4 is 0 Å². The lowest BCUT2D eigenvalue weighted by Gasteiger charge is -2.66. The van der Waals surface area contributed by atoms with Gasteiger partial charge in [-0.3, -0.25) is 9.59 Å². The third-order valence-electron chi connectivity index (χ3n) is 9.68. The Morgan fingerprint density at radius 3 is 2.23 bits per heavy atom. The summed E-state index contributed by atoms with van der Waals surface area (Å²) in [5.74, 6) is 1.95. The van der Waals surface area contributed by atoms with E-state index in [1.54, 1.807) is 0 Å². The summed E-state index contributed by atoms with van der Waals surface area (Å²) in [4.78, 5) is 24.8. The van der Waals surface area contributed by atoms with Crippen LogP contribution >= 0.6 is 63.7 Å². The number of ketones is 1. The molecule has 0 radical (unpaired) electrons. The fraction of sp³-hybridized carbons (Fsp3) is 0.913. The molecule has 4 aliphatic carbocycles. The van der Waals surface area contributed by atoms with Crippen LogP contribution in [-0.4, -0.2) is 36.7 Å². The van der Waals surface area contributed by atoms with Crippen molar-refractivity contribution in [2.45, 2.75) is 91.7 Å². The maximum Gasteiger partial charge on any atom is 0.302 e. The first kappa shape index (κ1) is 24.2. The second-order valence-electron chi connectivity index (χ2n) is 10.7. The van der Waals surface area contributed by atoms with Crippen molar-refractivity contribution in [1.82, 2.24) is 0 Å². The van der Waals surface area contributed by atoms with Crippen molar-refractivity contribution in [3.8, 4) is 0 Å². The summed E-state index contributed by atoms with van der Waals surface area (Å²) in [6, 6.07) is 0. The van der Waals surface area contributed by atoms with Gasteiger partial charge in [-0.25, -0.2) is 0 Å². The van der Waals surface area contributed by atoms with E-state index in [-0.39, 0.29) is 27.2 Å². The van der Waals surface area contributed by atoms with Gasteiger partial charge in [-0.05, 0) is 73.5 Å². The van der Waals surface area contributed by atoms with Gasteiger partial charge in [0.05, 0.1) is 9.65 Å². The van der Waals surface area contributed by atoms with Crippen LogP contribution in [0.15, 0.2) is 0 Å². The van der Waals surface area contributed by atoms with Crippen molar-refractivity contribution in [2.24, 2.45) is 28.6 Å². The standard InChI is InChI=1S/C23H32Br4O3/c1-13(28)30-14-4-7-21(3)16-5-8-20(2)17(6-9-22(20,26)19(29)12-24)15(16)10-18(25)23(21,27)11-14/h14-18H,4-12H2,1-3H3/t14-,15-,16+,17+,18-,20+,21-,22+,23-/m1/s1. The SMILES string of the molecule is CC(=O)O[C@@H]1CC[C@]2(C)[C@H]3CC[C@@]4(C)[C@@H](CC[C@]4(Br)C(=O)CBr)[C@@H]3C[C@@H](Br)[C@]2(Br)C1. The average molecular weight is 676 g/mol. The van der Waals surface area contributed by atoms with Gasteiger partial charge in [-0.2, -0.15) is 0 Å². The fourth-order valence-electron chi connectivity index (χ4n) is 8.03. The highest BCUT2D eigenvalue weighted by atomic mass is 79.9. The molecule has 9 atom stereocenters. The summed E-state index contributed by atoms with van der Waals surface area (Å²) in [6.45, 7) is 6.36.